The van der Waals surface area contributed by atoms with Gasteiger partial charge in [0.2, 0.25) is 0 Å². The minimum atomic E-state index is -0.621. The molecule has 0 aliphatic rings. The third-order valence-corrected chi connectivity index (χ3v) is 4.16. The summed E-state index contributed by atoms with van der Waals surface area (Å²) in [6.45, 7) is 3.79. The fraction of sp³-hybridized carbons (Fsp3) is 0.200. The Balaban J connectivity index is 2.14. The van der Waals surface area contributed by atoms with Gasteiger partial charge in [-0.15, -0.1) is 11.3 Å². The predicted octanol–water partition coefficient (Wildman–Crippen LogP) is 4.19. The third kappa shape index (κ3) is 1.76. The number of aliphatic hydroxyl groups excluding tert-OH is 1. The first kappa shape index (κ1) is 11.5. The molecule has 0 saturated heterocycles. The van der Waals surface area contributed by atoms with E-state index >= 15 is 0 Å². The molecule has 0 bridgehead atoms. The summed E-state index contributed by atoms with van der Waals surface area (Å²) in [7, 11) is 0. The van der Waals surface area contributed by atoms with Crippen molar-refractivity contribution in [1.29, 1.82) is 0 Å². The van der Waals surface area contributed by atoms with Gasteiger partial charge in [-0.25, -0.2) is 0 Å². The number of furan rings is 1. The first-order chi connectivity index (χ1) is 8.66. The third-order valence-electron chi connectivity index (χ3n) is 3.18. The van der Waals surface area contributed by atoms with Crippen molar-refractivity contribution in [1.82, 2.24) is 0 Å². The smallest absolute Gasteiger partial charge is 0.109 e. The molecule has 0 saturated carbocycles. The molecule has 3 heteroatoms. The molecule has 1 atom stereocenters. The van der Waals surface area contributed by atoms with Gasteiger partial charge in [0.1, 0.15) is 17.6 Å². The summed E-state index contributed by atoms with van der Waals surface area (Å²) in [6.07, 6.45) is -0.621. The molecule has 0 amide bonds. The van der Waals surface area contributed by atoms with Crippen molar-refractivity contribution in [2.75, 3.05) is 0 Å². The Bertz CT molecular complexity index is 693. The predicted molar refractivity (Wildman–Crippen MR) is 74.1 cm³/mol. The van der Waals surface area contributed by atoms with E-state index in [-0.39, 0.29) is 0 Å². The van der Waals surface area contributed by atoms with Crippen molar-refractivity contribution in [3.05, 3.63) is 58.4 Å². The molecule has 92 valence electrons. The Kier molecular flexibility index (Phi) is 2.73. The lowest BCUT2D eigenvalue weighted by Gasteiger charge is -2.11. The van der Waals surface area contributed by atoms with E-state index in [4.69, 9.17) is 4.42 Å². The van der Waals surface area contributed by atoms with E-state index in [9.17, 15) is 5.11 Å². The number of hydrogen-bond acceptors (Lipinski definition) is 3. The van der Waals surface area contributed by atoms with Gasteiger partial charge in [-0.2, -0.15) is 0 Å². The average Bonchev–Trinajstić information content (AvgIpc) is 2.94. The highest BCUT2D eigenvalue weighted by Gasteiger charge is 2.18. The average molecular weight is 258 g/mol. The second-order valence-electron chi connectivity index (χ2n) is 4.46. The van der Waals surface area contributed by atoms with Crippen LogP contribution < -0.4 is 0 Å². The molecule has 3 rings (SSSR count). The van der Waals surface area contributed by atoms with Crippen LogP contribution in [0, 0.1) is 13.8 Å². The SMILES string of the molecule is Cc1cc(C(O)c2cccc3ccsc23)c(C)o1. The van der Waals surface area contributed by atoms with Crippen LogP contribution in [-0.2, 0) is 0 Å². The number of aryl methyl sites for hydroxylation is 2. The van der Waals surface area contributed by atoms with Crippen LogP contribution in [0.2, 0.25) is 0 Å². The summed E-state index contributed by atoms with van der Waals surface area (Å²) < 4.78 is 6.64. The highest BCUT2D eigenvalue weighted by atomic mass is 32.1. The lowest BCUT2D eigenvalue weighted by atomic mass is 10.0. The molecule has 0 aliphatic heterocycles. The normalized spacial score (nSPS) is 13.1. The van der Waals surface area contributed by atoms with E-state index < -0.39 is 6.10 Å². The molecule has 2 heterocycles. The number of benzene rings is 1. The number of hydrogen-bond donors (Lipinski definition) is 1. The zero-order chi connectivity index (χ0) is 12.7. The Hall–Kier alpha value is -1.58. The number of thiophene rings is 1. The van der Waals surface area contributed by atoms with E-state index in [1.807, 2.05) is 37.4 Å². The van der Waals surface area contributed by atoms with Crippen molar-refractivity contribution in [2.24, 2.45) is 0 Å². The van der Waals surface area contributed by atoms with Gasteiger partial charge in [0.05, 0.1) is 0 Å². The Morgan fingerprint density at radius 3 is 2.72 bits per heavy atom. The van der Waals surface area contributed by atoms with E-state index in [0.29, 0.717) is 0 Å². The van der Waals surface area contributed by atoms with Crippen LogP contribution in [0.5, 0.6) is 0 Å². The maximum atomic E-state index is 10.5. The quantitative estimate of drug-likeness (QED) is 0.747. The van der Waals surface area contributed by atoms with Crippen LogP contribution in [0.3, 0.4) is 0 Å². The molecule has 2 aromatic heterocycles. The van der Waals surface area contributed by atoms with E-state index in [2.05, 4.69) is 12.1 Å². The van der Waals surface area contributed by atoms with Crippen molar-refractivity contribution >= 4 is 21.4 Å². The van der Waals surface area contributed by atoms with E-state index in [1.54, 1.807) is 11.3 Å². The van der Waals surface area contributed by atoms with Crippen LogP contribution in [0.25, 0.3) is 10.1 Å². The Morgan fingerprint density at radius 1 is 1.17 bits per heavy atom. The second kappa shape index (κ2) is 4.26. The molecule has 1 unspecified atom stereocenters. The lowest BCUT2D eigenvalue weighted by molar-refractivity contribution is 0.219. The minimum Gasteiger partial charge on any atom is -0.466 e. The molecule has 0 spiro atoms. The van der Waals surface area contributed by atoms with Gasteiger partial charge < -0.3 is 9.52 Å². The van der Waals surface area contributed by atoms with Crippen LogP contribution in [-0.4, -0.2) is 5.11 Å². The number of fused-ring (bicyclic) bond motifs is 1. The number of aliphatic hydroxyl groups is 1. The zero-order valence-electron chi connectivity index (χ0n) is 10.3. The van der Waals surface area contributed by atoms with Gasteiger partial charge in [0.25, 0.3) is 0 Å². The molecule has 1 N–H and O–H groups in total. The van der Waals surface area contributed by atoms with Gasteiger partial charge in [-0.05, 0) is 36.7 Å². The largest absolute Gasteiger partial charge is 0.466 e. The zero-order valence-corrected chi connectivity index (χ0v) is 11.1. The van der Waals surface area contributed by atoms with E-state index in [1.165, 1.54) is 5.39 Å². The summed E-state index contributed by atoms with van der Waals surface area (Å²) >= 11 is 1.66. The first-order valence-corrected chi connectivity index (χ1v) is 6.76. The Labute approximate surface area is 109 Å². The molecule has 0 aliphatic carbocycles. The molecule has 18 heavy (non-hydrogen) atoms. The molecule has 2 nitrogen and oxygen atoms in total. The fourth-order valence-electron chi connectivity index (χ4n) is 2.32. The summed E-state index contributed by atoms with van der Waals surface area (Å²) in [5, 5.41) is 13.8. The van der Waals surface area contributed by atoms with Gasteiger partial charge in [0.15, 0.2) is 0 Å². The van der Waals surface area contributed by atoms with Crippen molar-refractivity contribution in [3.8, 4) is 0 Å². The van der Waals surface area contributed by atoms with Gasteiger partial charge >= 0.3 is 0 Å². The van der Waals surface area contributed by atoms with Crippen LogP contribution in [0.15, 0.2) is 40.1 Å². The molecule has 0 radical (unpaired) electrons. The van der Waals surface area contributed by atoms with Gasteiger partial charge in [-0.3, -0.25) is 0 Å². The molecular formula is C15H14O2S. The highest BCUT2D eigenvalue weighted by molar-refractivity contribution is 7.17. The summed E-state index contributed by atoms with van der Waals surface area (Å²) in [5.41, 5.74) is 1.81. The summed E-state index contributed by atoms with van der Waals surface area (Å²) in [4.78, 5) is 0. The fourth-order valence-corrected chi connectivity index (χ4v) is 3.26. The standard InChI is InChI=1S/C15H14O2S/c1-9-8-13(10(2)17-9)14(16)12-5-3-4-11-6-7-18-15(11)12/h3-8,14,16H,1-2H3. The van der Waals surface area contributed by atoms with Crippen LogP contribution in [0.1, 0.15) is 28.8 Å². The van der Waals surface area contributed by atoms with Crippen molar-refractivity contribution in [3.63, 3.8) is 0 Å². The molecular weight excluding hydrogens is 244 g/mol. The van der Waals surface area contributed by atoms with Gasteiger partial charge in [0, 0.05) is 15.8 Å². The second-order valence-corrected chi connectivity index (χ2v) is 5.37. The van der Waals surface area contributed by atoms with Gasteiger partial charge in [-0.1, -0.05) is 18.2 Å². The summed E-state index contributed by atoms with van der Waals surface area (Å²) in [6, 6.07) is 10.0. The molecule has 1 aromatic carbocycles. The van der Waals surface area contributed by atoms with E-state index in [0.717, 1.165) is 27.3 Å². The van der Waals surface area contributed by atoms with Crippen molar-refractivity contribution < 1.29 is 9.52 Å². The lowest BCUT2D eigenvalue weighted by Crippen LogP contribution is -1.99. The maximum absolute atomic E-state index is 10.5. The van der Waals surface area contributed by atoms with Crippen molar-refractivity contribution in [2.45, 2.75) is 20.0 Å². The topological polar surface area (TPSA) is 33.4 Å². The Morgan fingerprint density at radius 2 is 2.00 bits per heavy atom. The first-order valence-electron chi connectivity index (χ1n) is 5.88. The van der Waals surface area contributed by atoms with Crippen LogP contribution in [0.4, 0.5) is 0 Å². The monoisotopic (exact) mass is 258 g/mol. The maximum Gasteiger partial charge on any atom is 0.109 e. The highest BCUT2D eigenvalue weighted by Crippen LogP contribution is 2.34. The van der Waals surface area contributed by atoms with Crippen LogP contribution >= 0.6 is 11.3 Å². The summed E-state index contributed by atoms with van der Waals surface area (Å²) in [5.74, 6) is 1.62. The molecule has 3 aromatic rings. The minimum absolute atomic E-state index is 0.621. The number of rotatable bonds is 2. The molecule has 0 fully saturated rings.